The predicted molar refractivity (Wildman–Crippen MR) is 90.8 cm³/mol. The van der Waals surface area contributed by atoms with Crippen LogP contribution < -0.4 is 10.6 Å². The molecule has 1 amide bonds. The number of halogens is 1. The largest absolute Gasteiger partial charge is 0.324 e. The van der Waals surface area contributed by atoms with E-state index in [4.69, 9.17) is 0 Å². The number of anilines is 3. The fraction of sp³-hybridized carbons (Fsp3) is 0.0556. The van der Waals surface area contributed by atoms with Gasteiger partial charge in [-0.2, -0.15) is 0 Å². The van der Waals surface area contributed by atoms with E-state index < -0.39 is 11.7 Å². The van der Waals surface area contributed by atoms with Gasteiger partial charge < -0.3 is 10.6 Å². The average Bonchev–Trinajstić information content (AvgIpc) is 2.57. The van der Waals surface area contributed by atoms with Gasteiger partial charge >= 0.3 is 0 Å². The van der Waals surface area contributed by atoms with Crippen molar-refractivity contribution in [3.8, 4) is 0 Å². The Morgan fingerprint density at radius 1 is 1.08 bits per heavy atom. The highest BCUT2D eigenvalue weighted by Gasteiger charge is 2.10. The summed E-state index contributed by atoms with van der Waals surface area (Å²) in [5.74, 6) is -0.538. The summed E-state index contributed by atoms with van der Waals surface area (Å²) in [6.07, 6.45) is 1.49. The molecule has 0 saturated carbocycles. The second-order valence-corrected chi connectivity index (χ2v) is 5.17. The summed E-state index contributed by atoms with van der Waals surface area (Å²) in [5, 5.41) is 5.68. The molecule has 0 fully saturated rings. The number of para-hydroxylation sites is 1. The van der Waals surface area contributed by atoms with Gasteiger partial charge in [0, 0.05) is 17.6 Å². The minimum atomic E-state index is -0.434. The maximum absolute atomic E-state index is 13.2. The molecular formula is C18H15FN4O. The van der Waals surface area contributed by atoms with Crippen molar-refractivity contribution in [2.75, 3.05) is 10.6 Å². The molecule has 0 aliphatic carbocycles. The van der Waals surface area contributed by atoms with E-state index >= 15 is 0 Å². The van der Waals surface area contributed by atoms with Crippen LogP contribution in [-0.4, -0.2) is 15.9 Å². The van der Waals surface area contributed by atoms with Gasteiger partial charge in [-0.05, 0) is 42.8 Å². The van der Waals surface area contributed by atoms with Gasteiger partial charge in [0.1, 0.15) is 11.5 Å². The van der Waals surface area contributed by atoms with E-state index in [1.807, 2.05) is 31.2 Å². The van der Waals surface area contributed by atoms with Crippen LogP contribution in [-0.2, 0) is 0 Å². The lowest BCUT2D eigenvalue weighted by Crippen LogP contribution is -2.15. The van der Waals surface area contributed by atoms with Gasteiger partial charge in [-0.15, -0.1) is 0 Å². The average molecular weight is 322 g/mol. The standard InChI is InChI=1S/C18H15FN4O/c1-12-5-2-3-8-15(12)22-18-20-10-9-16(23-18)17(24)21-14-7-4-6-13(19)11-14/h2-11H,1H3,(H,21,24)(H,20,22,23). The predicted octanol–water partition coefficient (Wildman–Crippen LogP) is 3.92. The van der Waals surface area contributed by atoms with E-state index in [9.17, 15) is 9.18 Å². The highest BCUT2D eigenvalue weighted by molar-refractivity contribution is 6.03. The summed E-state index contributed by atoms with van der Waals surface area (Å²) in [6, 6.07) is 14.9. The first-order valence-electron chi connectivity index (χ1n) is 7.34. The maximum Gasteiger partial charge on any atom is 0.274 e. The van der Waals surface area contributed by atoms with E-state index in [-0.39, 0.29) is 5.69 Å². The van der Waals surface area contributed by atoms with Crippen LogP contribution in [0.4, 0.5) is 21.7 Å². The van der Waals surface area contributed by atoms with Gasteiger partial charge in [0.15, 0.2) is 0 Å². The van der Waals surface area contributed by atoms with Gasteiger partial charge in [-0.25, -0.2) is 14.4 Å². The maximum atomic E-state index is 13.2. The molecule has 5 nitrogen and oxygen atoms in total. The summed E-state index contributed by atoms with van der Waals surface area (Å²) in [5.41, 5.74) is 2.45. The van der Waals surface area contributed by atoms with Crippen LogP contribution in [0.25, 0.3) is 0 Å². The lowest BCUT2D eigenvalue weighted by atomic mass is 10.2. The number of benzene rings is 2. The minimum absolute atomic E-state index is 0.186. The Bertz CT molecular complexity index is 882. The number of aromatic nitrogens is 2. The number of aryl methyl sites for hydroxylation is 1. The molecule has 0 radical (unpaired) electrons. The molecule has 0 spiro atoms. The third-order valence-corrected chi connectivity index (χ3v) is 3.36. The van der Waals surface area contributed by atoms with Crippen molar-refractivity contribution < 1.29 is 9.18 Å². The number of hydrogen-bond donors (Lipinski definition) is 2. The highest BCUT2D eigenvalue weighted by Crippen LogP contribution is 2.17. The van der Waals surface area contributed by atoms with Crippen molar-refractivity contribution in [1.82, 2.24) is 9.97 Å². The zero-order valence-corrected chi connectivity index (χ0v) is 13.0. The smallest absolute Gasteiger partial charge is 0.274 e. The number of hydrogen-bond acceptors (Lipinski definition) is 4. The Morgan fingerprint density at radius 2 is 1.92 bits per heavy atom. The van der Waals surface area contributed by atoms with Crippen LogP contribution in [0.5, 0.6) is 0 Å². The summed E-state index contributed by atoms with van der Waals surface area (Å²) < 4.78 is 13.2. The molecule has 2 aromatic carbocycles. The van der Waals surface area contributed by atoms with E-state index in [2.05, 4.69) is 20.6 Å². The fourth-order valence-corrected chi connectivity index (χ4v) is 2.14. The van der Waals surface area contributed by atoms with Crippen LogP contribution in [0.1, 0.15) is 16.1 Å². The van der Waals surface area contributed by atoms with Crippen molar-refractivity contribution in [2.45, 2.75) is 6.92 Å². The van der Waals surface area contributed by atoms with Crippen molar-refractivity contribution >= 4 is 23.2 Å². The van der Waals surface area contributed by atoms with Gasteiger partial charge in [-0.3, -0.25) is 4.79 Å². The molecule has 0 aliphatic heterocycles. The monoisotopic (exact) mass is 322 g/mol. The number of carbonyl (C=O) groups is 1. The van der Waals surface area contributed by atoms with E-state index in [0.29, 0.717) is 11.6 Å². The van der Waals surface area contributed by atoms with Crippen molar-refractivity contribution in [3.63, 3.8) is 0 Å². The second-order valence-electron chi connectivity index (χ2n) is 5.17. The lowest BCUT2D eigenvalue weighted by Gasteiger charge is -2.09. The Morgan fingerprint density at radius 3 is 2.71 bits per heavy atom. The van der Waals surface area contributed by atoms with E-state index in [1.165, 1.54) is 30.5 Å². The van der Waals surface area contributed by atoms with Crippen molar-refractivity contribution in [2.24, 2.45) is 0 Å². The molecule has 1 heterocycles. The number of carbonyl (C=O) groups excluding carboxylic acids is 1. The Balaban J connectivity index is 1.77. The van der Waals surface area contributed by atoms with Gasteiger partial charge in [0.05, 0.1) is 0 Å². The molecule has 2 N–H and O–H groups in total. The molecule has 0 aliphatic rings. The van der Waals surface area contributed by atoms with Crippen LogP contribution in [0.3, 0.4) is 0 Å². The molecule has 0 atom stereocenters. The van der Waals surface area contributed by atoms with Gasteiger partial charge in [-0.1, -0.05) is 24.3 Å². The first kappa shape index (κ1) is 15.6. The third-order valence-electron chi connectivity index (χ3n) is 3.36. The second kappa shape index (κ2) is 6.87. The van der Waals surface area contributed by atoms with Crippen molar-refractivity contribution in [3.05, 3.63) is 77.9 Å². The zero-order chi connectivity index (χ0) is 16.9. The molecule has 3 aromatic rings. The molecule has 0 unspecified atom stereocenters. The van der Waals surface area contributed by atoms with Gasteiger partial charge in [0.25, 0.3) is 5.91 Å². The van der Waals surface area contributed by atoms with E-state index in [0.717, 1.165) is 11.3 Å². The number of amides is 1. The lowest BCUT2D eigenvalue weighted by molar-refractivity contribution is 0.102. The fourth-order valence-electron chi connectivity index (χ4n) is 2.14. The quantitative estimate of drug-likeness (QED) is 0.764. The Kier molecular flexibility index (Phi) is 4.47. The summed E-state index contributed by atoms with van der Waals surface area (Å²) >= 11 is 0. The molecule has 1 aromatic heterocycles. The molecule has 6 heteroatoms. The third kappa shape index (κ3) is 3.73. The number of nitrogens with zero attached hydrogens (tertiary/aromatic N) is 2. The number of nitrogens with one attached hydrogen (secondary N) is 2. The SMILES string of the molecule is Cc1ccccc1Nc1nccc(C(=O)Nc2cccc(F)c2)n1. The summed E-state index contributed by atoms with van der Waals surface area (Å²) in [4.78, 5) is 20.6. The van der Waals surface area contributed by atoms with Crippen LogP contribution in [0.2, 0.25) is 0 Å². The van der Waals surface area contributed by atoms with Crippen LogP contribution >= 0.6 is 0 Å². The summed E-state index contributed by atoms with van der Waals surface area (Å²) in [6.45, 7) is 1.96. The Labute approximate surface area is 138 Å². The zero-order valence-electron chi connectivity index (χ0n) is 13.0. The van der Waals surface area contributed by atoms with Crippen LogP contribution in [0.15, 0.2) is 60.8 Å². The molecule has 0 saturated heterocycles. The van der Waals surface area contributed by atoms with Crippen molar-refractivity contribution in [1.29, 1.82) is 0 Å². The van der Waals surface area contributed by atoms with Gasteiger partial charge in [0.2, 0.25) is 5.95 Å². The minimum Gasteiger partial charge on any atom is -0.324 e. The molecule has 3 rings (SSSR count). The first-order valence-corrected chi connectivity index (χ1v) is 7.34. The summed E-state index contributed by atoms with van der Waals surface area (Å²) in [7, 11) is 0. The first-order chi connectivity index (χ1) is 11.6. The topological polar surface area (TPSA) is 66.9 Å². The molecule has 120 valence electrons. The molecule has 0 bridgehead atoms. The molecular weight excluding hydrogens is 307 g/mol. The number of rotatable bonds is 4. The van der Waals surface area contributed by atoms with Crippen LogP contribution in [0, 0.1) is 12.7 Å². The van der Waals surface area contributed by atoms with E-state index in [1.54, 1.807) is 6.07 Å². The highest BCUT2D eigenvalue weighted by atomic mass is 19.1. The molecule has 24 heavy (non-hydrogen) atoms. The Hall–Kier alpha value is -3.28. The normalized spacial score (nSPS) is 10.2.